The zero-order valence-corrected chi connectivity index (χ0v) is 8.21. The van der Waals surface area contributed by atoms with Gasteiger partial charge in [0.1, 0.15) is 5.82 Å². The molecule has 1 fully saturated rings. The van der Waals surface area contributed by atoms with E-state index < -0.39 is 23.6 Å². The maximum absolute atomic E-state index is 13.4. The molecule has 1 saturated carbocycles. The van der Waals surface area contributed by atoms with E-state index in [1.807, 2.05) is 0 Å². The highest BCUT2D eigenvalue weighted by Gasteiger charge is 2.53. The van der Waals surface area contributed by atoms with Crippen molar-refractivity contribution in [2.75, 3.05) is 0 Å². The average molecular weight is 230 g/mol. The topological polar surface area (TPSA) is 37.3 Å². The summed E-state index contributed by atoms with van der Waals surface area (Å²) in [5.74, 6) is -1.89. The SMILES string of the molecule is O=C(O)C1(c2cc(C(F)F)ccc2F)CC1. The normalized spacial score (nSPS) is 17.5. The number of carbonyl (C=O) groups is 1. The van der Waals surface area contributed by atoms with Crippen molar-refractivity contribution in [2.45, 2.75) is 24.7 Å². The number of benzene rings is 1. The lowest BCUT2D eigenvalue weighted by molar-refractivity contribution is -0.140. The van der Waals surface area contributed by atoms with Crippen molar-refractivity contribution in [1.29, 1.82) is 0 Å². The number of hydrogen-bond acceptors (Lipinski definition) is 1. The van der Waals surface area contributed by atoms with Gasteiger partial charge in [-0.2, -0.15) is 0 Å². The van der Waals surface area contributed by atoms with E-state index in [9.17, 15) is 18.0 Å². The molecule has 0 bridgehead atoms. The Bertz CT molecular complexity index is 439. The van der Waals surface area contributed by atoms with Gasteiger partial charge in [0.15, 0.2) is 0 Å². The van der Waals surface area contributed by atoms with Crippen LogP contribution in [0, 0.1) is 5.82 Å². The van der Waals surface area contributed by atoms with E-state index in [1.165, 1.54) is 0 Å². The van der Waals surface area contributed by atoms with Crippen LogP contribution in [0.1, 0.15) is 30.4 Å². The van der Waals surface area contributed by atoms with Crippen LogP contribution in [0.2, 0.25) is 0 Å². The van der Waals surface area contributed by atoms with E-state index in [-0.39, 0.29) is 11.1 Å². The third kappa shape index (κ3) is 1.56. The molecule has 0 spiro atoms. The van der Waals surface area contributed by atoms with Gasteiger partial charge in [-0.25, -0.2) is 13.2 Å². The van der Waals surface area contributed by atoms with Crippen LogP contribution in [0.3, 0.4) is 0 Å². The van der Waals surface area contributed by atoms with Gasteiger partial charge in [0.25, 0.3) is 6.43 Å². The van der Waals surface area contributed by atoms with Crippen LogP contribution in [0.15, 0.2) is 18.2 Å². The standard InChI is InChI=1S/C11H9F3O2/c12-8-2-1-6(9(13)14)5-7(8)11(3-4-11)10(15)16/h1-2,5,9H,3-4H2,(H,15,16). The summed E-state index contributed by atoms with van der Waals surface area (Å²) in [6, 6.07) is 2.84. The second-order valence-corrected chi connectivity index (χ2v) is 3.93. The van der Waals surface area contributed by atoms with Gasteiger partial charge in [-0.05, 0) is 25.0 Å². The fourth-order valence-electron chi connectivity index (χ4n) is 1.77. The molecule has 0 aliphatic heterocycles. The predicted molar refractivity (Wildman–Crippen MR) is 49.9 cm³/mol. The van der Waals surface area contributed by atoms with Crippen molar-refractivity contribution >= 4 is 5.97 Å². The number of halogens is 3. The highest BCUT2D eigenvalue weighted by molar-refractivity contribution is 5.85. The van der Waals surface area contributed by atoms with Crippen molar-refractivity contribution in [1.82, 2.24) is 0 Å². The first-order valence-electron chi connectivity index (χ1n) is 4.79. The lowest BCUT2D eigenvalue weighted by atomic mass is 9.94. The van der Waals surface area contributed by atoms with Gasteiger partial charge in [0, 0.05) is 11.1 Å². The summed E-state index contributed by atoms with van der Waals surface area (Å²) >= 11 is 0. The molecule has 0 atom stereocenters. The van der Waals surface area contributed by atoms with Gasteiger partial charge in [-0.15, -0.1) is 0 Å². The minimum absolute atomic E-state index is 0.127. The Hall–Kier alpha value is -1.52. The van der Waals surface area contributed by atoms with E-state index in [0.717, 1.165) is 18.2 Å². The number of rotatable bonds is 3. The molecule has 0 radical (unpaired) electrons. The quantitative estimate of drug-likeness (QED) is 0.866. The zero-order valence-electron chi connectivity index (χ0n) is 8.21. The molecule has 0 amide bonds. The highest BCUT2D eigenvalue weighted by Crippen LogP contribution is 2.49. The van der Waals surface area contributed by atoms with Gasteiger partial charge in [0.2, 0.25) is 0 Å². The molecule has 1 N–H and O–H groups in total. The molecule has 0 unspecified atom stereocenters. The van der Waals surface area contributed by atoms with Gasteiger partial charge in [0.05, 0.1) is 5.41 Å². The molecule has 0 saturated heterocycles. The molecule has 0 aromatic heterocycles. The molecule has 1 aliphatic carbocycles. The number of carboxylic acid groups (broad SMARTS) is 1. The number of hydrogen-bond donors (Lipinski definition) is 1. The van der Waals surface area contributed by atoms with Crippen molar-refractivity contribution in [3.63, 3.8) is 0 Å². The molecule has 2 rings (SSSR count). The first-order chi connectivity index (χ1) is 7.47. The van der Waals surface area contributed by atoms with Gasteiger partial charge in [-0.1, -0.05) is 6.07 Å². The van der Waals surface area contributed by atoms with Crippen molar-refractivity contribution < 1.29 is 23.1 Å². The third-order valence-electron chi connectivity index (χ3n) is 2.92. The monoisotopic (exact) mass is 230 g/mol. The molecule has 1 aliphatic rings. The molecule has 1 aromatic rings. The Kier molecular flexibility index (Phi) is 2.40. The fourth-order valence-corrected chi connectivity index (χ4v) is 1.77. The maximum Gasteiger partial charge on any atom is 0.314 e. The molecule has 1 aromatic carbocycles. The number of aliphatic carboxylic acids is 1. The van der Waals surface area contributed by atoms with Crippen molar-refractivity contribution in [3.8, 4) is 0 Å². The fraction of sp³-hybridized carbons (Fsp3) is 0.364. The minimum Gasteiger partial charge on any atom is -0.481 e. The summed E-state index contributed by atoms with van der Waals surface area (Å²) in [5, 5.41) is 8.96. The van der Waals surface area contributed by atoms with E-state index in [4.69, 9.17) is 5.11 Å². The minimum atomic E-state index is -2.72. The second-order valence-electron chi connectivity index (χ2n) is 3.93. The smallest absolute Gasteiger partial charge is 0.314 e. The van der Waals surface area contributed by atoms with Crippen LogP contribution in [0.5, 0.6) is 0 Å². The highest BCUT2D eigenvalue weighted by atomic mass is 19.3. The zero-order chi connectivity index (χ0) is 11.9. The van der Waals surface area contributed by atoms with E-state index in [1.54, 1.807) is 0 Å². The third-order valence-corrected chi connectivity index (χ3v) is 2.92. The molecule has 0 heterocycles. The number of carboxylic acids is 1. The van der Waals surface area contributed by atoms with E-state index in [2.05, 4.69) is 0 Å². The second kappa shape index (κ2) is 3.50. The van der Waals surface area contributed by atoms with Crippen molar-refractivity contribution in [3.05, 3.63) is 35.1 Å². The summed E-state index contributed by atoms with van der Waals surface area (Å²) in [7, 11) is 0. The predicted octanol–water partition coefficient (Wildman–Crippen LogP) is 2.88. The Balaban J connectivity index is 2.48. The lowest BCUT2D eigenvalue weighted by Gasteiger charge is -2.12. The van der Waals surface area contributed by atoms with Crippen molar-refractivity contribution in [2.24, 2.45) is 0 Å². The molecule has 5 heteroatoms. The summed E-state index contributed by atoms with van der Waals surface area (Å²) in [6.07, 6.45) is -2.12. The summed E-state index contributed by atoms with van der Waals surface area (Å²) in [6.45, 7) is 0. The first kappa shape index (κ1) is 11.0. The van der Waals surface area contributed by atoms with Gasteiger partial charge < -0.3 is 5.11 Å². The van der Waals surface area contributed by atoms with Crippen LogP contribution < -0.4 is 0 Å². The molecular weight excluding hydrogens is 221 g/mol. The van der Waals surface area contributed by atoms with Gasteiger partial charge in [-0.3, -0.25) is 4.79 Å². The molecule has 16 heavy (non-hydrogen) atoms. The van der Waals surface area contributed by atoms with Crippen LogP contribution in [0.4, 0.5) is 13.2 Å². The van der Waals surface area contributed by atoms with Gasteiger partial charge >= 0.3 is 5.97 Å². The first-order valence-corrected chi connectivity index (χ1v) is 4.79. The largest absolute Gasteiger partial charge is 0.481 e. The Morgan fingerprint density at radius 3 is 2.44 bits per heavy atom. The number of alkyl halides is 2. The van der Waals surface area contributed by atoms with E-state index >= 15 is 0 Å². The Morgan fingerprint density at radius 1 is 1.38 bits per heavy atom. The maximum atomic E-state index is 13.4. The summed E-state index contributed by atoms with van der Waals surface area (Å²) in [4.78, 5) is 11.0. The van der Waals surface area contributed by atoms with E-state index in [0.29, 0.717) is 12.8 Å². The summed E-state index contributed by atoms with van der Waals surface area (Å²) < 4.78 is 38.3. The molecule has 86 valence electrons. The Morgan fingerprint density at radius 2 is 2.00 bits per heavy atom. The van der Waals surface area contributed by atoms with Crippen LogP contribution in [-0.4, -0.2) is 11.1 Å². The van der Waals surface area contributed by atoms with Crippen LogP contribution in [-0.2, 0) is 10.2 Å². The lowest BCUT2D eigenvalue weighted by Crippen LogP contribution is -2.21. The van der Waals surface area contributed by atoms with Crippen LogP contribution in [0.25, 0.3) is 0 Å². The molecule has 2 nitrogen and oxygen atoms in total. The Labute approximate surface area is 89.7 Å². The van der Waals surface area contributed by atoms with Crippen LogP contribution >= 0.6 is 0 Å². The summed E-state index contributed by atoms with van der Waals surface area (Å²) in [5.41, 5.74) is -1.75. The molecular formula is C11H9F3O2. The average Bonchev–Trinajstić information content (AvgIpc) is 2.98.